The largest absolute Gasteiger partial charge is 0.481 e. The number of carboxylic acid groups (broad SMARTS) is 1. The summed E-state index contributed by atoms with van der Waals surface area (Å²) in [5, 5.41) is 19.4. The molecule has 1 aliphatic heterocycles. The molecule has 0 aromatic heterocycles. The summed E-state index contributed by atoms with van der Waals surface area (Å²) in [6, 6.07) is 1.74. The molecule has 1 rings (SSSR count). The summed E-state index contributed by atoms with van der Waals surface area (Å²) in [5.41, 5.74) is 0. The number of nitriles is 1. The van der Waals surface area contributed by atoms with E-state index < -0.39 is 17.8 Å². The number of nitrogens with one attached hydrogen (secondary N) is 1. The Labute approximate surface area is 98.0 Å². The Morgan fingerprint density at radius 1 is 1.59 bits per heavy atom. The first kappa shape index (κ1) is 13.0. The monoisotopic (exact) mass is 239 g/mol. The first-order valence-corrected chi connectivity index (χ1v) is 5.19. The van der Waals surface area contributed by atoms with E-state index in [0.29, 0.717) is 6.42 Å². The van der Waals surface area contributed by atoms with Gasteiger partial charge in [0.15, 0.2) is 0 Å². The Morgan fingerprint density at radius 3 is 2.88 bits per heavy atom. The van der Waals surface area contributed by atoms with Crippen molar-refractivity contribution in [3.63, 3.8) is 0 Å². The maximum Gasteiger partial charge on any atom is 0.308 e. The van der Waals surface area contributed by atoms with Gasteiger partial charge in [-0.2, -0.15) is 5.26 Å². The molecule has 0 aromatic carbocycles. The minimum atomic E-state index is -0.958. The molecule has 2 amide bonds. The van der Waals surface area contributed by atoms with Crippen LogP contribution in [-0.2, 0) is 14.4 Å². The second-order valence-corrected chi connectivity index (χ2v) is 3.78. The zero-order chi connectivity index (χ0) is 12.8. The van der Waals surface area contributed by atoms with Gasteiger partial charge >= 0.3 is 5.97 Å². The molecule has 92 valence electrons. The molecule has 1 unspecified atom stereocenters. The highest BCUT2D eigenvalue weighted by Crippen LogP contribution is 2.17. The van der Waals surface area contributed by atoms with E-state index in [4.69, 9.17) is 10.4 Å². The summed E-state index contributed by atoms with van der Waals surface area (Å²) in [6.07, 6.45) is 0.451. The summed E-state index contributed by atoms with van der Waals surface area (Å²) < 4.78 is 0. The summed E-state index contributed by atoms with van der Waals surface area (Å²) in [4.78, 5) is 34.7. The third-order valence-electron chi connectivity index (χ3n) is 2.55. The fourth-order valence-corrected chi connectivity index (χ4v) is 1.64. The van der Waals surface area contributed by atoms with Gasteiger partial charge in [0.05, 0.1) is 18.5 Å². The van der Waals surface area contributed by atoms with Crippen LogP contribution in [0.25, 0.3) is 0 Å². The average Bonchev–Trinajstić information content (AvgIpc) is 2.29. The van der Waals surface area contributed by atoms with Gasteiger partial charge < -0.3 is 15.3 Å². The van der Waals surface area contributed by atoms with E-state index in [9.17, 15) is 14.4 Å². The van der Waals surface area contributed by atoms with Gasteiger partial charge in [0.1, 0.15) is 6.54 Å². The molecule has 1 fully saturated rings. The number of hydrogen-bond donors (Lipinski definition) is 2. The molecule has 0 aromatic rings. The fraction of sp³-hybridized carbons (Fsp3) is 0.600. The van der Waals surface area contributed by atoms with Crippen molar-refractivity contribution in [1.29, 1.82) is 5.26 Å². The first-order valence-electron chi connectivity index (χ1n) is 5.19. The highest BCUT2D eigenvalue weighted by molar-refractivity contribution is 5.86. The number of nitrogens with zero attached hydrogens (tertiary/aromatic N) is 2. The zero-order valence-electron chi connectivity index (χ0n) is 9.18. The molecule has 7 heteroatoms. The highest BCUT2D eigenvalue weighted by Gasteiger charge is 2.30. The third-order valence-corrected chi connectivity index (χ3v) is 2.55. The maximum absolute atomic E-state index is 11.5. The van der Waals surface area contributed by atoms with Gasteiger partial charge in [0, 0.05) is 13.0 Å². The summed E-state index contributed by atoms with van der Waals surface area (Å²) in [5.74, 6) is -2.25. The van der Waals surface area contributed by atoms with E-state index in [0.717, 1.165) is 0 Å². The topological polar surface area (TPSA) is 110 Å². The van der Waals surface area contributed by atoms with E-state index >= 15 is 0 Å². The van der Waals surface area contributed by atoms with Crippen molar-refractivity contribution in [3.8, 4) is 6.07 Å². The quantitative estimate of drug-likeness (QED) is 0.608. The van der Waals surface area contributed by atoms with Gasteiger partial charge in [-0.15, -0.1) is 0 Å². The molecule has 0 radical (unpaired) electrons. The van der Waals surface area contributed by atoms with Gasteiger partial charge in [-0.3, -0.25) is 14.4 Å². The number of rotatable bonds is 4. The number of piperidine rings is 1. The molecule has 1 atom stereocenters. The van der Waals surface area contributed by atoms with Crippen molar-refractivity contribution in [1.82, 2.24) is 10.2 Å². The number of likely N-dealkylation sites (tertiary alicyclic amines) is 1. The van der Waals surface area contributed by atoms with Crippen LogP contribution in [0.2, 0.25) is 0 Å². The molecule has 1 aliphatic rings. The lowest BCUT2D eigenvalue weighted by molar-refractivity contribution is -0.149. The lowest BCUT2D eigenvalue weighted by Gasteiger charge is -2.29. The second kappa shape index (κ2) is 5.84. The fourth-order valence-electron chi connectivity index (χ4n) is 1.64. The van der Waals surface area contributed by atoms with Crippen LogP contribution in [0.4, 0.5) is 0 Å². The van der Waals surface area contributed by atoms with Gasteiger partial charge in [0.2, 0.25) is 11.8 Å². The van der Waals surface area contributed by atoms with Gasteiger partial charge in [-0.05, 0) is 6.42 Å². The number of aliphatic carboxylic acids is 1. The zero-order valence-corrected chi connectivity index (χ0v) is 9.18. The molecule has 1 heterocycles. The van der Waals surface area contributed by atoms with Crippen LogP contribution in [-0.4, -0.2) is 47.4 Å². The molecule has 17 heavy (non-hydrogen) atoms. The smallest absolute Gasteiger partial charge is 0.308 e. The van der Waals surface area contributed by atoms with Crippen LogP contribution in [0.5, 0.6) is 0 Å². The molecule has 1 saturated heterocycles. The summed E-state index contributed by atoms with van der Waals surface area (Å²) >= 11 is 0. The molecule has 0 aliphatic carbocycles. The van der Waals surface area contributed by atoms with Gasteiger partial charge in [0.25, 0.3) is 0 Å². The predicted octanol–water partition coefficient (Wildman–Crippen LogP) is -1.05. The van der Waals surface area contributed by atoms with Crippen molar-refractivity contribution in [2.75, 3.05) is 19.6 Å². The van der Waals surface area contributed by atoms with Crippen LogP contribution < -0.4 is 5.32 Å². The standard InChI is InChI=1S/C10H13N3O4/c11-3-4-12-8(14)6-13-5-7(10(16)17)1-2-9(13)15/h7H,1-2,4-6H2,(H,12,14)(H,16,17). The van der Waals surface area contributed by atoms with Crippen molar-refractivity contribution >= 4 is 17.8 Å². The van der Waals surface area contributed by atoms with Crippen LogP contribution in [0.1, 0.15) is 12.8 Å². The lowest BCUT2D eigenvalue weighted by Crippen LogP contribution is -2.47. The van der Waals surface area contributed by atoms with Crippen molar-refractivity contribution in [2.45, 2.75) is 12.8 Å². The number of hydrogen-bond acceptors (Lipinski definition) is 4. The molecule has 2 N–H and O–H groups in total. The Morgan fingerprint density at radius 2 is 2.29 bits per heavy atom. The molecule has 7 nitrogen and oxygen atoms in total. The molecule has 0 bridgehead atoms. The number of carbonyl (C=O) groups is 3. The number of amides is 2. The maximum atomic E-state index is 11.5. The second-order valence-electron chi connectivity index (χ2n) is 3.78. The average molecular weight is 239 g/mol. The minimum Gasteiger partial charge on any atom is -0.481 e. The highest BCUT2D eigenvalue weighted by atomic mass is 16.4. The van der Waals surface area contributed by atoms with Crippen LogP contribution >= 0.6 is 0 Å². The van der Waals surface area contributed by atoms with Crippen molar-refractivity contribution in [3.05, 3.63) is 0 Å². The molecular formula is C10H13N3O4. The molecule has 0 spiro atoms. The first-order chi connectivity index (χ1) is 8.04. The number of carboxylic acids is 1. The Balaban J connectivity index is 2.50. The summed E-state index contributed by atoms with van der Waals surface area (Å²) in [6.45, 7) is -0.262. The van der Waals surface area contributed by atoms with E-state index in [1.54, 1.807) is 6.07 Å². The SMILES string of the molecule is N#CCNC(=O)CN1CC(C(=O)O)CCC1=O. The molecule has 0 saturated carbocycles. The van der Waals surface area contributed by atoms with Crippen LogP contribution in [0.3, 0.4) is 0 Å². The van der Waals surface area contributed by atoms with Crippen LogP contribution in [0, 0.1) is 17.2 Å². The predicted molar refractivity (Wildman–Crippen MR) is 55.6 cm³/mol. The Kier molecular flexibility index (Phi) is 4.46. The Bertz CT molecular complexity index is 374. The Hall–Kier alpha value is -2.10. The van der Waals surface area contributed by atoms with E-state index in [-0.39, 0.29) is 32.0 Å². The van der Waals surface area contributed by atoms with E-state index in [2.05, 4.69) is 5.32 Å². The van der Waals surface area contributed by atoms with Crippen molar-refractivity contribution in [2.24, 2.45) is 5.92 Å². The van der Waals surface area contributed by atoms with Crippen LogP contribution in [0.15, 0.2) is 0 Å². The molecular weight excluding hydrogens is 226 g/mol. The van der Waals surface area contributed by atoms with Gasteiger partial charge in [-0.25, -0.2) is 0 Å². The number of carbonyl (C=O) groups excluding carboxylic acids is 2. The summed E-state index contributed by atoms with van der Waals surface area (Å²) in [7, 11) is 0. The van der Waals surface area contributed by atoms with Crippen molar-refractivity contribution < 1.29 is 19.5 Å². The van der Waals surface area contributed by atoms with E-state index in [1.807, 2.05) is 0 Å². The minimum absolute atomic E-state index is 0.0497. The lowest BCUT2D eigenvalue weighted by atomic mass is 9.98. The van der Waals surface area contributed by atoms with Gasteiger partial charge in [-0.1, -0.05) is 0 Å². The normalized spacial score (nSPS) is 19.6. The van der Waals surface area contributed by atoms with E-state index in [1.165, 1.54) is 4.90 Å². The third kappa shape index (κ3) is 3.75.